The molecule has 1 fully saturated rings. The van der Waals surface area contributed by atoms with E-state index in [-0.39, 0.29) is 12.2 Å². The summed E-state index contributed by atoms with van der Waals surface area (Å²) in [4.78, 5) is 29.1. The summed E-state index contributed by atoms with van der Waals surface area (Å²) in [7, 11) is 0. The van der Waals surface area contributed by atoms with Crippen LogP contribution in [0.15, 0.2) is 30.5 Å². The van der Waals surface area contributed by atoms with Gasteiger partial charge in [0, 0.05) is 11.6 Å². The van der Waals surface area contributed by atoms with Crippen LogP contribution in [0, 0.1) is 0 Å². The van der Waals surface area contributed by atoms with Gasteiger partial charge in [0.1, 0.15) is 6.04 Å². The fourth-order valence-corrected chi connectivity index (χ4v) is 2.60. The molecule has 138 valence electrons. The number of aromatic amines is 1. The number of rotatable bonds is 4. The van der Waals surface area contributed by atoms with E-state index in [1.54, 1.807) is 24.3 Å². The van der Waals surface area contributed by atoms with Crippen molar-refractivity contribution < 1.29 is 22.8 Å². The van der Waals surface area contributed by atoms with Crippen molar-refractivity contribution in [3.05, 3.63) is 52.6 Å². The van der Waals surface area contributed by atoms with Crippen molar-refractivity contribution in [1.29, 1.82) is 0 Å². The molecule has 0 saturated carbocycles. The zero-order chi connectivity index (χ0) is 18.9. The van der Waals surface area contributed by atoms with Gasteiger partial charge in [0.2, 0.25) is 11.7 Å². The number of nitrogens with zero attached hydrogens (tertiary/aromatic N) is 1. The predicted molar refractivity (Wildman–Crippen MR) is 85.3 cm³/mol. The topological polar surface area (TPSA) is 98.9 Å². The number of H-pyrrole nitrogens is 1. The van der Waals surface area contributed by atoms with Gasteiger partial charge in [-0.25, -0.2) is 9.78 Å². The molecule has 1 unspecified atom stereocenters. The molecule has 0 bridgehead atoms. The molecule has 2 heterocycles. The molecule has 0 spiro atoms. The van der Waals surface area contributed by atoms with Crippen molar-refractivity contribution in [3.8, 4) is 0 Å². The fourth-order valence-electron chi connectivity index (χ4n) is 2.48. The Morgan fingerprint density at radius 3 is 2.54 bits per heavy atom. The molecule has 26 heavy (non-hydrogen) atoms. The lowest BCUT2D eigenvalue weighted by Crippen LogP contribution is -2.44. The number of carbonyl (C=O) groups is 2. The van der Waals surface area contributed by atoms with E-state index in [0.29, 0.717) is 10.6 Å². The zero-order valence-corrected chi connectivity index (χ0v) is 13.8. The Morgan fingerprint density at radius 2 is 2.00 bits per heavy atom. The zero-order valence-electron chi connectivity index (χ0n) is 13.0. The Kier molecular flexibility index (Phi) is 4.77. The average Bonchev–Trinajstić information content (AvgIpc) is 3.22. The number of hydrogen-bond donors (Lipinski definition) is 4. The molecular formula is C15H13ClF3N5O2. The van der Waals surface area contributed by atoms with Crippen molar-refractivity contribution >= 4 is 23.5 Å². The first-order valence-electron chi connectivity index (χ1n) is 7.46. The molecule has 3 rings (SSSR count). The standard InChI is InChI=1S/C15H13ClF3N5O2/c16-8-3-1-7(2-4-8)11(9-5-20-13(22-9)15(17,18)19)24-12(25)10-6-21-14(26)23-10/h1-5,10-11H,6H2,(H,20,22)(H,24,25)(H2,21,23,26)/t10?,11-/m0/s1. The third-order valence-corrected chi connectivity index (χ3v) is 4.01. The van der Waals surface area contributed by atoms with Gasteiger partial charge in [0.25, 0.3) is 0 Å². The maximum Gasteiger partial charge on any atom is 0.449 e. The van der Waals surface area contributed by atoms with E-state index in [1.807, 2.05) is 0 Å². The average molecular weight is 388 g/mol. The molecule has 2 aromatic rings. The molecule has 11 heteroatoms. The van der Waals surface area contributed by atoms with Crippen molar-refractivity contribution in [2.24, 2.45) is 0 Å². The van der Waals surface area contributed by atoms with Crippen molar-refractivity contribution in [1.82, 2.24) is 25.9 Å². The second kappa shape index (κ2) is 6.87. The fraction of sp³-hybridized carbons (Fsp3) is 0.267. The summed E-state index contributed by atoms with van der Waals surface area (Å²) in [6, 6.07) is 4.00. The minimum atomic E-state index is -4.64. The summed E-state index contributed by atoms with van der Waals surface area (Å²) in [5, 5.41) is 7.91. The Hall–Kier alpha value is -2.75. The predicted octanol–water partition coefficient (Wildman–Crippen LogP) is 1.97. The minimum absolute atomic E-state index is 0.0466. The van der Waals surface area contributed by atoms with Crippen LogP contribution >= 0.6 is 11.6 Å². The highest BCUT2D eigenvalue weighted by Gasteiger charge is 2.36. The smallest absolute Gasteiger partial charge is 0.342 e. The molecule has 1 aliphatic heterocycles. The Bertz CT molecular complexity index is 821. The lowest BCUT2D eigenvalue weighted by atomic mass is 10.0. The van der Waals surface area contributed by atoms with Crippen LogP contribution in [0.5, 0.6) is 0 Å². The largest absolute Gasteiger partial charge is 0.449 e. The van der Waals surface area contributed by atoms with E-state index in [1.165, 1.54) is 0 Å². The number of imidazole rings is 1. The molecule has 0 aliphatic carbocycles. The number of benzene rings is 1. The van der Waals surface area contributed by atoms with Crippen LogP contribution in [0.1, 0.15) is 23.1 Å². The first-order chi connectivity index (χ1) is 12.2. The van der Waals surface area contributed by atoms with Gasteiger partial charge in [-0.1, -0.05) is 23.7 Å². The van der Waals surface area contributed by atoms with E-state index in [2.05, 4.69) is 25.9 Å². The van der Waals surface area contributed by atoms with Gasteiger partial charge in [0.05, 0.1) is 17.9 Å². The molecule has 7 nitrogen and oxygen atoms in total. The first kappa shape index (κ1) is 18.1. The summed E-state index contributed by atoms with van der Waals surface area (Å²) in [6.45, 7) is 0.0782. The molecule has 1 aliphatic rings. The van der Waals surface area contributed by atoms with Gasteiger partial charge in [-0.2, -0.15) is 13.2 Å². The molecule has 1 aromatic carbocycles. The molecule has 2 atom stereocenters. The van der Waals surface area contributed by atoms with Crippen LogP contribution in [0.2, 0.25) is 5.02 Å². The third kappa shape index (κ3) is 3.90. The second-order valence-corrected chi connectivity index (χ2v) is 6.02. The number of hydrogen-bond acceptors (Lipinski definition) is 3. The summed E-state index contributed by atoms with van der Waals surface area (Å²) >= 11 is 5.84. The van der Waals surface area contributed by atoms with Gasteiger partial charge in [-0.3, -0.25) is 4.79 Å². The highest BCUT2D eigenvalue weighted by Crippen LogP contribution is 2.29. The van der Waals surface area contributed by atoms with Gasteiger partial charge in [0.15, 0.2) is 0 Å². The molecule has 0 radical (unpaired) electrons. The lowest BCUT2D eigenvalue weighted by molar-refractivity contribution is -0.144. The number of nitrogens with one attached hydrogen (secondary N) is 4. The number of alkyl halides is 3. The van der Waals surface area contributed by atoms with Gasteiger partial charge >= 0.3 is 12.2 Å². The van der Waals surface area contributed by atoms with Gasteiger partial charge < -0.3 is 20.9 Å². The first-order valence-corrected chi connectivity index (χ1v) is 7.84. The summed E-state index contributed by atoms with van der Waals surface area (Å²) in [5.74, 6) is -1.72. The van der Waals surface area contributed by atoms with Crippen LogP contribution in [0.25, 0.3) is 0 Å². The Balaban J connectivity index is 1.89. The second-order valence-electron chi connectivity index (χ2n) is 5.59. The van der Waals surface area contributed by atoms with Crippen LogP contribution in [-0.4, -0.2) is 34.5 Å². The lowest BCUT2D eigenvalue weighted by Gasteiger charge is -2.20. The van der Waals surface area contributed by atoms with Crippen molar-refractivity contribution in [2.75, 3.05) is 6.54 Å². The molecule has 1 aromatic heterocycles. The quantitative estimate of drug-likeness (QED) is 0.645. The number of halogens is 4. The van der Waals surface area contributed by atoms with Gasteiger partial charge in [-0.05, 0) is 17.7 Å². The third-order valence-electron chi connectivity index (χ3n) is 3.75. The van der Waals surface area contributed by atoms with Crippen LogP contribution in [0.3, 0.4) is 0 Å². The van der Waals surface area contributed by atoms with Crippen molar-refractivity contribution in [2.45, 2.75) is 18.3 Å². The minimum Gasteiger partial charge on any atom is -0.342 e. The molecule has 4 N–H and O–H groups in total. The molecule has 1 saturated heterocycles. The number of aromatic nitrogens is 2. The van der Waals surface area contributed by atoms with E-state index in [9.17, 15) is 22.8 Å². The SMILES string of the molecule is O=C1NCC(C(=O)N[C@@H](c2ccc(Cl)cc2)c2cnc(C(F)(F)F)[nH]2)N1. The van der Waals surface area contributed by atoms with E-state index in [0.717, 1.165) is 6.20 Å². The molecule has 3 amide bonds. The maximum atomic E-state index is 12.8. The highest BCUT2D eigenvalue weighted by molar-refractivity contribution is 6.30. The van der Waals surface area contributed by atoms with E-state index >= 15 is 0 Å². The molecular weight excluding hydrogens is 375 g/mol. The van der Waals surface area contributed by atoms with Crippen LogP contribution in [-0.2, 0) is 11.0 Å². The summed E-state index contributed by atoms with van der Waals surface area (Å²) < 4.78 is 38.5. The Morgan fingerprint density at radius 1 is 1.31 bits per heavy atom. The van der Waals surface area contributed by atoms with Crippen LogP contribution in [0.4, 0.5) is 18.0 Å². The summed E-state index contributed by atoms with van der Waals surface area (Å²) in [5.41, 5.74) is 0.544. The van der Waals surface area contributed by atoms with Crippen LogP contribution < -0.4 is 16.0 Å². The maximum absolute atomic E-state index is 12.8. The number of urea groups is 1. The summed E-state index contributed by atoms with van der Waals surface area (Å²) in [6.07, 6.45) is -3.63. The van der Waals surface area contributed by atoms with Gasteiger partial charge in [-0.15, -0.1) is 0 Å². The Labute approximate surface area is 150 Å². The van der Waals surface area contributed by atoms with E-state index in [4.69, 9.17) is 11.6 Å². The normalized spacial score (nSPS) is 18.2. The van der Waals surface area contributed by atoms with Crippen molar-refractivity contribution in [3.63, 3.8) is 0 Å². The van der Waals surface area contributed by atoms with E-state index < -0.39 is 36.0 Å². The number of amides is 3. The highest BCUT2D eigenvalue weighted by atomic mass is 35.5. The number of carbonyl (C=O) groups excluding carboxylic acids is 2. The monoisotopic (exact) mass is 387 g/mol.